The summed E-state index contributed by atoms with van der Waals surface area (Å²) in [6.07, 6.45) is 2.68. The van der Waals surface area contributed by atoms with Crippen molar-refractivity contribution in [1.82, 2.24) is 14.3 Å². The number of hydrogen-bond donors (Lipinski definition) is 2. The van der Waals surface area contributed by atoms with E-state index in [2.05, 4.69) is 9.97 Å². The summed E-state index contributed by atoms with van der Waals surface area (Å²) < 4.78 is 25.6. The van der Waals surface area contributed by atoms with E-state index in [-0.39, 0.29) is 11.6 Å². The number of aromatic nitrogens is 2. The summed E-state index contributed by atoms with van der Waals surface area (Å²) in [5, 5.41) is 1.40. The van der Waals surface area contributed by atoms with Gasteiger partial charge in [0.1, 0.15) is 0 Å². The molecule has 0 amide bonds. The number of fused-ring (bicyclic) bond motifs is 3. The number of halogens is 1. The van der Waals surface area contributed by atoms with Crippen LogP contribution in [0.5, 0.6) is 0 Å². The molecule has 1 aliphatic heterocycles. The molecule has 4 rings (SSSR count). The van der Waals surface area contributed by atoms with Crippen LogP contribution in [-0.2, 0) is 10.0 Å². The van der Waals surface area contributed by atoms with Gasteiger partial charge in [0.2, 0.25) is 15.6 Å². The van der Waals surface area contributed by atoms with Crippen LogP contribution in [0.2, 0.25) is 5.02 Å². The van der Waals surface area contributed by atoms with Gasteiger partial charge in [-0.05, 0) is 31.0 Å². The minimum atomic E-state index is -3.33. The van der Waals surface area contributed by atoms with Crippen LogP contribution in [0, 0.1) is 0 Å². The van der Waals surface area contributed by atoms with E-state index >= 15 is 0 Å². The van der Waals surface area contributed by atoms with Gasteiger partial charge in [0.05, 0.1) is 23.3 Å². The average Bonchev–Trinajstić information content (AvgIpc) is 3.11. The summed E-state index contributed by atoms with van der Waals surface area (Å²) >= 11 is 6.07. The zero-order chi connectivity index (χ0) is 17.1. The summed E-state index contributed by atoms with van der Waals surface area (Å²) in [4.78, 5) is 18.3. The number of pyridine rings is 1. The van der Waals surface area contributed by atoms with E-state index < -0.39 is 10.0 Å². The molecule has 1 aromatic carbocycles. The highest BCUT2D eigenvalue weighted by molar-refractivity contribution is 7.88. The summed E-state index contributed by atoms with van der Waals surface area (Å²) in [5.74, 6) is 0. The number of sulfonamides is 1. The third-order valence-corrected chi connectivity index (χ3v) is 6.10. The highest BCUT2D eigenvalue weighted by atomic mass is 35.5. The van der Waals surface area contributed by atoms with Gasteiger partial charge in [-0.2, -0.15) is 4.31 Å². The molecule has 1 aliphatic rings. The fourth-order valence-electron chi connectivity index (χ4n) is 3.59. The van der Waals surface area contributed by atoms with Crippen LogP contribution >= 0.6 is 11.6 Å². The van der Waals surface area contributed by atoms with Crippen LogP contribution in [0.15, 0.2) is 29.1 Å². The topological polar surface area (TPSA) is 86.0 Å². The molecule has 24 heavy (non-hydrogen) atoms. The second-order valence-electron chi connectivity index (χ2n) is 6.19. The van der Waals surface area contributed by atoms with Crippen molar-refractivity contribution in [2.45, 2.75) is 18.9 Å². The number of hydrogen-bond acceptors (Lipinski definition) is 3. The van der Waals surface area contributed by atoms with Crippen molar-refractivity contribution in [2.24, 2.45) is 0 Å². The monoisotopic (exact) mass is 365 g/mol. The van der Waals surface area contributed by atoms with E-state index in [4.69, 9.17) is 11.6 Å². The molecule has 1 saturated heterocycles. The maximum Gasteiger partial charge on any atom is 0.248 e. The van der Waals surface area contributed by atoms with Crippen molar-refractivity contribution < 1.29 is 8.42 Å². The minimum absolute atomic E-state index is 0.251. The normalized spacial score (nSPS) is 19.5. The predicted molar refractivity (Wildman–Crippen MR) is 95.0 cm³/mol. The zero-order valence-electron chi connectivity index (χ0n) is 13.0. The maximum atomic E-state index is 12.2. The molecule has 0 spiro atoms. The van der Waals surface area contributed by atoms with Crippen molar-refractivity contribution in [3.8, 4) is 0 Å². The Hall–Kier alpha value is -1.83. The fourth-order valence-corrected chi connectivity index (χ4v) is 4.91. The lowest BCUT2D eigenvalue weighted by molar-refractivity contribution is 0.401. The lowest BCUT2D eigenvalue weighted by atomic mass is 10.0. The first-order valence-electron chi connectivity index (χ1n) is 7.65. The molecule has 3 aromatic rings. The largest absolute Gasteiger partial charge is 0.353 e. The van der Waals surface area contributed by atoms with E-state index in [1.54, 1.807) is 12.1 Å². The quantitative estimate of drug-likeness (QED) is 0.732. The average molecular weight is 366 g/mol. The van der Waals surface area contributed by atoms with Crippen molar-refractivity contribution in [3.05, 3.63) is 45.2 Å². The SMILES string of the molecule is CS(=O)(=O)N1CCCC1c1cc(=O)[nH]c2c1[nH]c1ccc(Cl)cc12. The second-order valence-corrected chi connectivity index (χ2v) is 8.56. The van der Waals surface area contributed by atoms with Crippen LogP contribution in [0.4, 0.5) is 0 Å². The summed E-state index contributed by atoms with van der Waals surface area (Å²) in [7, 11) is -3.33. The van der Waals surface area contributed by atoms with E-state index in [0.717, 1.165) is 22.8 Å². The van der Waals surface area contributed by atoms with Gasteiger partial charge in [-0.3, -0.25) is 4.79 Å². The number of aromatic amines is 2. The van der Waals surface area contributed by atoms with Gasteiger partial charge in [0.25, 0.3) is 0 Å². The van der Waals surface area contributed by atoms with E-state index in [0.29, 0.717) is 29.1 Å². The van der Waals surface area contributed by atoms with Crippen molar-refractivity contribution >= 4 is 43.6 Å². The minimum Gasteiger partial charge on any atom is -0.353 e. The molecule has 1 unspecified atom stereocenters. The Morgan fingerprint density at radius 3 is 2.75 bits per heavy atom. The van der Waals surface area contributed by atoms with Gasteiger partial charge < -0.3 is 9.97 Å². The van der Waals surface area contributed by atoms with Gasteiger partial charge in [-0.25, -0.2) is 8.42 Å². The maximum absolute atomic E-state index is 12.2. The number of nitrogens with one attached hydrogen (secondary N) is 2. The first-order valence-corrected chi connectivity index (χ1v) is 9.88. The zero-order valence-corrected chi connectivity index (χ0v) is 14.5. The predicted octanol–water partition coefficient (Wildman–Crippen LogP) is 2.76. The second kappa shape index (κ2) is 5.34. The lowest BCUT2D eigenvalue weighted by Crippen LogP contribution is -2.30. The molecular formula is C16H16ClN3O3S. The summed E-state index contributed by atoms with van der Waals surface area (Å²) in [6, 6.07) is 6.58. The molecule has 0 saturated carbocycles. The molecule has 8 heteroatoms. The Labute approximate surface area is 143 Å². The molecule has 6 nitrogen and oxygen atoms in total. The molecule has 0 bridgehead atoms. The Morgan fingerprint density at radius 1 is 1.21 bits per heavy atom. The molecule has 1 fully saturated rings. The molecule has 3 heterocycles. The van der Waals surface area contributed by atoms with Crippen LogP contribution in [-0.4, -0.2) is 35.5 Å². The molecule has 2 N–H and O–H groups in total. The lowest BCUT2D eigenvalue weighted by Gasteiger charge is -2.22. The van der Waals surface area contributed by atoms with Crippen molar-refractivity contribution in [1.29, 1.82) is 0 Å². The van der Waals surface area contributed by atoms with E-state index in [9.17, 15) is 13.2 Å². The Kier molecular flexibility index (Phi) is 3.49. The number of H-pyrrole nitrogens is 2. The fraction of sp³-hybridized carbons (Fsp3) is 0.312. The van der Waals surface area contributed by atoms with Crippen LogP contribution < -0.4 is 5.56 Å². The molecule has 2 aromatic heterocycles. The highest BCUT2D eigenvalue weighted by Crippen LogP contribution is 2.37. The van der Waals surface area contributed by atoms with Crippen LogP contribution in [0.3, 0.4) is 0 Å². The van der Waals surface area contributed by atoms with Gasteiger partial charge in [-0.15, -0.1) is 0 Å². The first-order chi connectivity index (χ1) is 11.3. The van der Waals surface area contributed by atoms with Crippen molar-refractivity contribution in [2.75, 3.05) is 12.8 Å². The van der Waals surface area contributed by atoms with Gasteiger partial charge in [0, 0.05) is 34.1 Å². The Balaban J connectivity index is 2.02. The van der Waals surface area contributed by atoms with Gasteiger partial charge >= 0.3 is 0 Å². The van der Waals surface area contributed by atoms with E-state index in [1.807, 2.05) is 6.07 Å². The summed E-state index contributed by atoms with van der Waals surface area (Å²) in [6.45, 7) is 0.476. The number of rotatable bonds is 2. The van der Waals surface area contributed by atoms with Crippen molar-refractivity contribution in [3.63, 3.8) is 0 Å². The third-order valence-electron chi connectivity index (χ3n) is 4.57. The molecule has 126 valence electrons. The number of nitrogens with zero attached hydrogens (tertiary/aromatic N) is 1. The highest BCUT2D eigenvalue weighted by Gasteiger charge is 2.34. The number of benzene rings is 1. The third kappa shape index (κ3) is 2.44. The molecule has 0 radical (unpaired) electrons. The Bertz CT molecular complexity index is 1120. The molecule has 1 atom stereocenters. The molecular weight excluding hydrogens is 350 g/mol. The van der Waals surface area contributed by atoms with Crippen LogP contribution in [0.25, 0.3) is 21.9 Å². The standard InChI is InChI=1S/C16H16ClN3O3S/c1-24(22,23)20-6-2-3-13(20)11-8-14(21)19-15-10-7-9(17)4-5-12(10)18-16(11)15/h4-5,7-8,13,18H,2-3,6H2,1H3,(H,19,21). The smallest absolute Gasteiger partial charge is 0.248 e. The van der Waals surface area contributed by atoms with E-state index in [1.165, 1.54) is 16.6 Å². The van der Waals surface area contributed by atoms with Gasteiger partial charge in [-0.1, -0.05) is 11.6 Å². The molecule has 0 aliphatic carbocycles. The first kappa shape index (κ1) is 15.7. The van der Waals surface area contributed by atoms with Crippen LogP contribution in [0.1, 0.15) is 24.4 Å². The summed E-state index contributed by atoms with van der Waals surface area (Å²) in [5.41, 5.74) is 2.73. The van der Waals surface area contributed by atoms with Gasteiger partial charge in [0.15, 0.2) is 0 Å². The Morgan fingerprint density at radius 2 is 2.00 bits per heavy atom.